The third kappa shape index (κ3) is 2.33. The molecule has 84 valence electrons. The highest BCUT2D eigenvalue weighted by molar-refractivity contribution is 7.80. The zero-order chi connectivity index (χ0) is 11.5. The fourth-order valence-electron chi connectivity index (χ4n) is 2.01. The van der Waals surface area contributed by atoms with Crippen LogP contribution in [0.1, 0.15) is 25.3 Å². The fraction of sp³-hybridized carbons (Fsp3) is 0.357. The van der Waals surface area contributed by atoms with Gasteiger partial charge in [0, 0.05) is 25.2 Å². The lowest BCUT2D eigenvalue weighted by molar-refractivity contribution is 0.966. The van der Waals surface area contributed by atoms with Crippen LogP contribution in [0.15, 0.2) is 30.5 Å². The number of hydrogen-bond acceptors (Lipinski definition) is 1. The number of fused-ring (bicyclic) bond motifs is 1. The van der Waals surface area contributed by atoms with E-state index in [4.69, 9.17) is 12.2 Å². The maximum atomic E-state index is 5.36. The van der Waals surface area contributed by atoms with E-state index in [-0.39, 0.29) is 0 Å². The Morgan fingerprint density at radius 1 is 1.31 bits per heavy atom. The van der Waals surface area contributed by atoms with Gasteiger partial charge < -0.3 is 4.57 Å². The van der Waals surface area contributed by atoms with Gasteiger partial charge in [-0.3, -0.25) is 0 Å². The summed E-state index contributed by atoms with van der Waals surface area (Å²) < 4.78 is 2.15. The van der Waals surface area contributed by atoms with Crippen LogP contribution >= 0.6 is 12.2 Å². The van der Waals surface area contributed by atoms with Crippen molar-refractivity contribution in [2.24, 2.45) is 7.05 Å². The predicted octanol–water partition coefficient (Wildman–Crippen LogP) is 3.89. The van der Waals surface area contributed by atoms with Crippen LogP contribution in [0.3, 0.4) is 0 Å². The van der Waals surface area contributed by atoms with Crippen molar-refractivity contribution in [2.45, 2.75) is 26.2 Å². The molecule has 1 heterocycles. The van der Waals surface area contributed by atoms with Crippen LogP contribution < -0.4 is 0 Å². The summed E-state index contributed by atoms with van der Waals surface area (Å²) in [4.78, 5) is 1.16. The second kappa shape index (κ2) is 4.79. The van der Waals surface area contributed by atoms with E-state index >= 15 is 0 Å². The summed E-state index contributed by atoms with van der Waals surface area (Å²) in [7, 11) is 2.08. The molecule has 0 radical (unpaired) electrons. The number of nitrogens with zero attached hydrogens (tertiary/aromatic N) is 1. The molecule has 0 saturated carbocycles. The number of benzene rings is 1. The van der Waals surface area contributed by atoms with E-state index in [2.05, 4.69) is 49.0 Å². The lowest BCUT2D eigenvalue weighted by atomic mass is 10.1. The summed E-state index contributed by atoms with van der Waals surface area (Å²) in [6.45, 7) is 2.17. The second-order valence-electron chi connectivity index (χ2n) is 4.29. The van der Waals surface area contributed by atoms with E-state index in [0.717, 1.165) is 24.1 Å². The first-order chi connectivity index (χ1) is 7.70. The summed E-state index contributed by atoms with van der Waals surface area (Å²) in [5.41, 5.74) is 2.62. The zero-order valence-corrected chi connectivity index (χ0v) is 10.7. The van der Waals surface area contributed by atoms with Crippen molar-refractivity contribution in [3.63, 3.8) is 0 Å². The largest absolute Gasteiger partial charge is 0.351 e. The first-order valence-electron chi connectivity index (χ1n) is 5.76. The molecule has 2 heteroatoms. The summed E-state index contributed by atoms with van der Waals surface area (Å²) in [5.74, 6) is 0. The zero-order valence-electron chi connectivity index (χ0n) is 9.86. The summed E-state index contributed by atoms with van der Waals surface area (Å²) in [6.07, 6.45) is 5.23. The topological polar surface area (TPSA) is 4.93 Å². The van der Waals surface area contributed by atoms with Crippen molar-refractivity contribution in [1.82, 2.24) is 4.57 Å². The van der Waals surface area contributed by atoms with Gasteiger partial charge in [0.05, 0.1) is 0 Å². The highest BCUT2D eigenvalue weighted by Gasteiger charge is 2.02. The van der Waals surface area contributed by atoms with Gasteiger partial charge in [-0.25, -0.2) is 0 Å². The van der Waals surface area contributed by atoms with Crippen molar-refractivity contribution in [1.29, 1.82) is 0 Å². The van der Waals surface area contributed by atoms with E-state index in [1.54, 1.807) is 0 Å². The van der Waals surface area contributed by atoms with Gasteiger partial charge in [0.2, 0.25) is 0 Å². The maximum Gasteiger partial charge on any atom is 0.0480 e. The molecule has 2 rings (SSSR count). The van der Waals surface area contributed by atoms with Gasteiger partial charge in [0.25, 0.3) is 0 Å². The Morgan fingerprint density at radius 2 is 2.12 bits per heavy atom. The molecule has 16 heavy (non-hydrogen) atoms. The minimum absolute atomic E-state index is 0.935. The van der Waals surface area contributed by atoms with Gasteiger partial charge in [-0.05, 0) is 34.4 Å². The minimum Gasteiger partial charge on any atom is -0.351 e. The van der Waals surface area contributed by atoms with Crippen LogP contribution in [0.2, 0.25) is 0 Å². The average Bonchev–Trinajstić information content (AvgIpc) is 2.61. The highest BCUT2D eigenvalue weighted by Crippen LogP contribution is 2.17. The third-order valence-electron chi connectivity index (χ3n) is 2.88. The first kappa shape index (κ1) is 11.3. The standard InChI is InChI=1S/C14H17NS/c1-3-4-13(16)9-11-5-6-12-7-8-15(2)14(12)10-11/h5-8,10H,3-4,9H2,1-2H3. The smallest absolute Gasteiger partial charge is 0.0480 e. The molecule has 1 nitrogen and oxygen atoms in total. The lowest BCUT2D eigenvalue weighted by Gasteiger charge is -2.04. The van der Waals surface area contributed by atoms with Gasteiger partial charge in [0.15, 0.2) is 0 Å². The fourth-order valence-corrected chi connectivity index (χ4v) is 2.38. The Bertz CT molecular complexity index is 510. The molecule has 0 saturated heterocycles. The van der Waals surface area contributed by atoms with Crippen LogP contribution in [0.25, 0.3) is 10.9 Å². The van der Waals surface area contributed by atoms with Crippen molar-refractivity contribution in [2.75, 3.05) is 0 Å². The normalized spacial score (nSPS) is 10.9. The van der Waals surface area contributed by atoms with Gasteiger partial charge >= 0.3 is 0 Å². The number of aromatic nitrogens is 1. The van der Waals surface area contributed by atoms with Crippen LogP contribution in [-0.2, 0) is 13.5 Å². The number of hydrogen-bond donors (Lipinski definition) is 0. The molecule has 1 aromatic carbocycles. The van der Waals surface area contributed by atoms with Gasteiger partial charge in [0.1, 0.15) is 0 Å². The van der Waals surface area contributed by atoms with Crippen LogP contribution in [0.5, 0.6) is 0 Å². The molecule has 0 N–H and O–H groups in total. The van der Waals surface area contributed by atoms with Crippen molar-refractivity contribution >= 4 is 28.0 Å². The molecule has 1 aromatic heterocycles. The molecule has 0 amide bonds. The van der Waals surface area contributed by atoms with Crippen molar-refractivity contribution < 1.29 is 0 Å². The molecular formula is C14H17NS. The highest BCUT2D eigenvalue weighted by atomic mass is 32.1. The maximum absolute atomic E-state index is 5.36. The minimum atomic E-state index is 0.935. The van der Waals surface area contributed by atoms with Crippen molar-refractivity contribution in [3.8, 4) is 0 Å². The Balaban J connectivity index is 2.25. The molecule has 2 aromatic rings. The molecule has 0 aliphatic rings. The summed E-state index contributed by atoms with van der Waals surface area (Å²) in [5, 5.41) is 1.30. The van der Waals surface area contributed by atoms with E-state index in [1.165, 1.54) is 16.5 Å². The average molecular weight is 231 g/mol. The molecule has 0 spiro atoms. The molecule has 0 aliphatic heterocycles. The van der Waals surface area contributed by atoms with E-state index in [1.807, 2.05) is 0 Å². The quantitative estimate of drug-likeness (QED) is 0.723. The summed E-state index contributed by atoms with van der Waals surface area (Å²) in [6, 6.07) is 8.75. The number of thiocarbonyl (C=S) groups is 1. The molecule has 0 unspecified atom stereocenters. The van der Waals surface area contributed by atoms with E-state index in [0.29, 0.717) is 0 Å². The number of rotatable bonds is 4. The SMILES string of the molecule is CCCC(=S)Cc1ccc2ccn(C)c2c1. The van der Waals surface area contributed by atoms with Crippen LogP contribution in [0, 0.1) is 0 Å². The summed E-state index contributed by atoms with van der Waals surface area (Å²) >= 11 is 5.36. The molecular weight excluding hydrogens is 214 g/mol. The van der Waals surface area contributed by atoms with Gasteiger partial charge in [-0.2, -0.15) is 0 Å². The predicted molar refractivity (Wildman–Crippen MR) is 74.1 cm³/mol. The van der Waals surface area contributed by atoms with E-state index in [9.17, 15) is 0 Å². The Hall–Kier alpha value is -1.15. The lowest BCUT2D eigenvalue weighted by Crippen LogP contribution is -1.99. The second-order valence-corrected chi connectivity index (χ2v) is 4.86. The van der Waals surface area contributed by atoms with E-state index < -0.39 is 0 Å². The monoisotopic (exact) mass is 231 g/mol. The van der Waals surface area contributed by atoms with Crippen molar-refractivity contribution in [3.05, 3.63) is 36.0 Å². The Labute approximate surface area is 102 Å². The molecule has 0 fully saturated rings. The molecule has 0 bridgehead atoms. The van der Waals surface area contributed by atoms with Crippen LogP contribution in [-0.4, -0.2) is 9.43 Å². The number of aryl methyl sites for hydroxylation is 1. The Kier molecular flexibility index (Phi) is 3.39. The van der Waals surface area contributed by atoms with Gasteiger partial charge in [-0.1, -0.05) is 37.7 Å². The molecule has 0 aliphatic carbocycles. The molecule has 0 atom stereocenters. The van der Waals surface area contributed by atoms with Crippen LogP contribution in [0.4, 0.5) is 0 Å². The van der Waals surface area contributed by atoms with Gasteiger partial charge in [-0.15, -0.1) is 0 Å². The third-order valence-corrected chi connectivity index (χ3v) is 3.23. The Morgan fingerprint density at radius 3 is 2.88 bits per heavy atom. The first-order valence-corrected chi connectivity index (χ1v) is 6.17.